The summed E-state index contributed by atoms with van der Waals surface area (Å²) < 4.78 is 50.2. The molecule has 0 spiro atoms. The number of halogens is 1. The Labute approximate surface area is 129 Å². The van der Waals surface area contributed by atoms with Crippen LogP contribution in [0.15, 0.2) is 17.0 Å². The van der Waals surface area contributed by atoms with E-state index in [1.54, 1.807) is 6.92 Å². The Morgan fingerprint density at radius 3 is 2.62 bits per heavy atom. The van der Waals surface area contributed by atoms with Gasteiger partial charge in [0, 0.05) is 6.54 Å². The first kappa shape index (κ1) is 16.5. The Kier molecular flexibility index (Phi) is 4.53. The maximum Gasteiger partial charge on any atom is 0.240 e. The van der Waals surface area contributed by atoms with E-state index in [1.807, 2.05) is 0 Å². The van der Waals surface area contributed by atoms with Crippen molar-refractivity contribution in [3.05, 3.63) is 22.7 Å². The van der Waals surface area contributed by atoms with E-state index in [4.69, 9.17) is 17.3 Å². The molecule has 0 saturated carbocycles. The average Bonchev–Trinajstić information content (AvgIpc) is 2.72. The lowest BCUT2D eigenvalue weighted by atomic mass is 10.2. The second kappa shape index (κ2) is 5.75. The summed E-state index contributed by atoms with van der Waals surface area (Å²) in [6, 6.07) is 2.67. The van der Waals surface area contributed by atoms with E-state index in [1.165, 1.54) is 12.1 Å². The number of sulfone groups is 1. The van der Waals surface area contributed by atoms with Gasteiger partial charge in [0.05, 0.1) is 26.6 Å². The quantitative estimate of drug-likeness (QED) is 0.789. The first-order valence-corrected chi connectivity index (χ1v) is 9.98. The molecule has 1 aromatic rings. The molecule has 0 bridgehead atoms. The van der Waals surface area contributed by atoms with Gasteiger partial charge in [-0.25, -0.2) is 21.6 Å². The van der Waals surface area contributed by atoms with Crippen LogP contribution in [-0.2, 0) is 19.9 Å². The van der Waals surface area contributed by atoms with Crippen molar-refractivity contribution in [3.63, 3.8) is 0 Å². The van der Waals surface area contributed by atoms with Gasteiger partial charge in [-0.2, -0.15) is 0 Å². The van der Waals surface area contributed by atoms with Crippen molar-refractivity contribution in [1.82, 2.24) is 4.72 Å². The van der Waals surface area contributed by atoms with E-state index < -0.39 is 25.1 Å². The number of aryl methyl sites for hydroxylation is 1. The predicted molar refractivity (Wildman–Crippen MR) is 82.6 cm³/mol. The highest BCUT2D eigenvalue weighted by molar-refractivity contribution is 7.92. The molecule has 1 atom stereocenters. The molecular formula is C12H17ClN2O4S2. The van der Waals surface area contributed by atoms with E-state index in [9.17, 15) is 16.8 Å². The fourth-order valence-corrected chi connectivity index (χ4v) is 5.47. The molecule has 3 N–H and O–H groups in total. The van der Waals surface area contributed by atoms with E-state index in [-0.39, 0.29) is 22.9 Å². The van der Waals surface area contributed by atoms with Crippen molar-refractivity contribution in [2.24, 2.45) is 0 Å². The van der Waals surface area contributed by atoms with Crippen molar-refractivity contribution < 1.29 is 16.8 Å². The number of sulfonamides is 1. The summed E-state index contributed by atoms with van der Waals surface area (Å²) >= 11 is 5.90. The molecule has 118 valence electrons. The van der Waals surface area contributed by atoms with Crippen LogP contribution < -0.4 is 10.5 Å². The molecule has 2 rings (SSSR count). The minimum absolute atomic E-state index is 0.0164. The molecule has 1 aromatic carbocycles. The minimum atomic E-state index is -3.81. The third-order valence-corrected chi connectivity index (χ3v) is 7.73. The summed E-state index contributed by atoms with van der Waals surface area (Å²) in [6.07, 6.45) is 1.05. The van der Waals surface area contributed by atoms with Gasteiger partial charge in [-0.1, -0.05) is 11.6 Å². The highest BCUT2D eigenvalue weighted by Gasteiger charge is 2.32. The zero-order valence-corrected chi connectivity index (χ0v) is 13.9. The van der Waals surface area contributed by atoms with Crippen LogP contribution in [0.25, 0.3) is 0 Å². The van der Waals surface area contributed by atoms with Crippen molar-refractivity contribution >= 4 is 37.1 Å². The second-order valence-electron chi connectivity index (χ2n) is 5.13. The maximum absolute atomic E-state index is 12.2. The van der Waals surface area contributed by atoms with Crippen molar-refractivity contribution in [2.75, 3.05) is 18.0 Å². The van der Waals surface area contributed by atoms with Gasteiger partial charge >= 0.3 is 0 Å². The summed E-state index contributed by atoms with van der Waals surface area (Å²) in [5.74, 6) is 0.117. The first-order chi connectivity index (χ1) is 9.63. The van der Waals surface area contributed by atoms with Gasteiger partial charge in [-0.15, -0.1) is 0 Å². The van der Waals surface area contributed by atoms with Gasteiger partial charge in [0.15, 0.2) is 9.84 Å². The Morgan fingerprint density at radius 1 is 1.43 bits per heavy atom. The molecule has 1 heterocycles. The molecule has 6 nitrogen and oxygen atoms in total. The Hall–Kier alpha value is -0.830. The Bertz CT molecular complexity index is 736. The normalized spacial score (nSPS) is 21.5. The highest BCUT2D eigenvalue weighted by Crippen LogP contribution is 2.27. The third kappa shape index (κ3) is 3.50. The number of hydrogen-bond donors (Lipinski definition) is 2. The molecule has 9 heteroatoms. The number of rotatable bonds is 4. The van der Waals surface area contributed by atoms with E-state index in [2.05, 4.69) is 4.72 Å². The van der Waals surface area contributed by atoms with Gasteiger partial charge in [-0.05, 0) is 37.5 Å². The average molecular weight is 353 g/mol. The van der Waals surface area contributed by atoms with Gasteiger partial charge in [0.25, 0.3) is 0 Å². The summed E-state index contributed by atoms with van der Waals surface area (Å²) in [5, 5.41) is -0.342. The van der Waals surface area contributed by atoms with Crippen molar-refractivity contribution in [1.29, 1.82) is 0 Å². The number of hydrogen-bond acceptors (Lipinski definition) is 5. The molecular weight excluding hydrogens is 336 g/mol. The summed E-state index contributed by atoms with van der Waals surface area (Å²) in [6.45, 7) is 1.53. The summed E-state index contributed by atoms with van der Waals surface area (Å²) in [5.41, 5.74) is 6.38. The van der Waals surface area contributed by atoms with Gasteiger partial charge < -0.3 is 5.73 Å². The molecule has 1 aliphatic rings. The first-order valence-electron chi connectivity index (χ1n) is 6.40. The smallest absolute Gasteiger partial charge is 0.240 e. The highest BCUT2D eigenvalue weighted by atomic mass is 35.5. The standard InChI is InChI=1S/C12H17ClN2O4S2/c1-8-5-10(6-11(14)12(8)13)21(18,19)15-7-9-3-2-4-20(9,16)17/h5-6,9,15H,2-4,7,14H2,1H3. The lowest BCUT2D eigenvalue weighted by Crippen LogP contribution is -2.34. The lowest BCUT2D eigenvalue weighted by molar-refractivity contribution is 0.571. The number of nitrogens with two attached hydrogens (primary N) is 1. The molecule has 1 fully saturated rings. The van der Waals surface area contributed by atoms with Gasteiger partial charge in [0.1, 0.15) is 0 Å². The maximum atomic E-state index is 12.2. The lowest BCUT2D eigenvalue weighted by Gasteiger charge is -2.13. The van der Waals surface area contributed by atoms with Crippen LogP contribution >= 0.6 is 11.6 Å². The van der Waals surface area contributed by atoms with Gasteiger partial charge in [0.2, 0.25) is 10.0 Å². The summed E-state index contributed by atoms with van der Waals surface area (Å²) in [7, 11) is -7.00. The van der Waals surface area contributed by atoms with E-state index >= 15 is 0 Å². The minimum Gasteiger partial charge on any atom is -0.397 e. The molecule has 1 aliphatic heterocycles. The van der Waals surface area contributed by atoms with Crippen LogP contribution in [0.3, 0.4) is 0 Å². The van der Waals surface area contributed by atoms with Crippen molar-refractivity contribution in [3.8, 4) is 0 Å². The van der Waals surface area contributed by atoms with Gasteiger partial charge in [-0.3, -0.25) is 0 Å². The van der Waals surface area contributed by atoms with E-state index in [0.29, 0.717) is 23.4 Å². The molecule has 1 saturated heterocycles. The fraction of sp³-hybridized carbons (Fsp3) is 0.500. The second-order valence-corrected chi connectivity index (χ2v) is 9.67. The van der Waals surface area contributed by atoms with Crippen LogP contribution in [0.1, 0.15) is 18.4 Å². The fourth-order valence-electron chi connectivity index (χ4n) is 2.29. The number of benzene rings is 1. The Balaban J connectivity index is 2.20. The molecule has 21 heavy (non-hydrogen) atoms. The van der Waals surface area contributed by atoms with Crippen LogP contribution in [0.5, 0.6) is 0 Å². The van der Waals surface area contributed by atoms with Crippen molar-refractivity contribution in [2.45, 2.75) is 29.9 Å². The zero-order valence-electron chi connectivity index (χ0n) is 11.5. The predicted octanol–water partition coefficient (Wildman–Crippen LogP) is 1.09. The third-order valence-electron chi connectivity index (χ3n) is 3.53. The van der Waals surface area contributed by atoms with E-state index in [0.717, 1.165) is 0 Å². The zero-order chi connectivity index (χ0) is 15.8. The van der Waals surface area contributed by atoms with Crippen LogP contribution in [0.4, 0.5) is 5.69 Å². The number of nitrogen functional groups attached to an aromatic ring is 1. The summed E-state index contributed by atoms with van der Waals surface area (Å²) in [4.78, 5) is -0.0164. The topological polar surface area (TPSA) is 106 Å². The number of nitrogens with one attached hydrogen (secondary N) is 1. The molecule has 0 aromatic heterocycles. The molecule has 0 aliphatic carbocycles. The molecule has 0 amide bonds. The number of anilines is 1. The molecule has 1 unspecified atom stereocenters. The Morgan fingerprint density at radius 2 is 2.10 bits per heavy atom. The van der Waals surface area contributed by atoms with Crippen LogP contribution in [0.2, 0.25) is 5.02 Å². The molecule has 0 radical (unpaired) electrons. The van der Waals surface area contributed by atoms with Crippen LogP contribution in [-0.4, -0.2) is 34.4 Å². The van der Waals surface area contributed by atoms with Crippen LogP contribution in [0, 0.1) is 6.92 Å². The monoisotopic (exact) mass is 352 g/mol. The SMILES string of the molecule is Cc1cc(S(=O)(=O)NCC2CCCS2(=O)=O)cc(N)c1Cl. The largest absolute Gasteiger partial charge is 0.397 e.